The monoisotopic (exact) mass is 225 g/mol. The normalized spacial score (nSPS) is 10.3. The summed E-state index contributed by atoms with van der Waals surface area (Å²) in [6.07, 6.45) is 4.59. The fourth-order valence-electron chi connectivity index (χ4n) is 1.37. The van der Waals surface area contributed by atoms with E-state index in [2.05, 4.69) is 29.1 Å². The molecule has 1 rings (SSSR count). The fourth-order valence-corrected chi connectivity index (χ4v) is 1.60. The van der Waals surface area contributed by atoms with Crippen molar-refractivity contribution in [3.05, 3.63) is 16.5 Å². The molecule has 1 heterocycles. The van der Waals surface area contributed by atoms with Gasteiger partial charge in [0.1, 0.15) is 16.3 Å². The Hall–Kier alpha value is -0.900. The molecule has 0 saturated carbocycles. The van der Waals surface area contributed by atoms with Gasteiger partial charge < -0.3 is 10.3 Å². The second-order valence-corrected chi connectivity index (χ2v) is 3.99. The zero-order chi connectivity index (χ0) is 11.1. The molecule has 1 aromatic heterocycles. The first-order chi connectivity index (χ1) is 7.26. The van der Waals surface area contributed by atoms with Gasteiger partial charge in [0, 0.05) is 19.0 Å². The minimum Gasteiger partial charge on any atom is -0.372 e. The van der Waals surface area contributed by atoms with Crippen LogP contribution in [-0.4, -0.2) is 16.5 Å². The Balaban J connectivity index is 2.53. The van der Waals surface area contributed by atoms with Crippen molar-refractivity contribution in [3.63, 3.8) is 0 Å². The van der Waals surface area contributed by atoms with Crippen LogP contribution in [0.15, 0.2) is 6.07 Å². The number of aryl methyl sites for hydroxylation is 1. The highest BCUT2D eigenvalue weighted by molar-refractivity contribution is 7.71. The number of nitrogens with zero attached hydrogens (tertiary/aromatic N) is 1. The summed E-state index contributed by atoms with van der Waals surface area (Å²) >= 11 is 5.08. The molecule has 0 fully saturated rings. The van der Waals surface area contributed by atoms with Gasteiger partial charge in [-0.1, -0.05) is 38.9 Å². The fraction of sp³-hybridized carbons (Fsp3) is 0.636. The Kier molecular flexibility index (Phi) is 5.32. The summed E-state index contributed by atoms with van der Waals surface area (Å²) < 4.78 is 0.656. The van der Waals surface area contributed by atoms with Crippen molar-refractivity contribution in [1.82, 2.24) is 9.97 Å². The average Bonchev–Trinajstić information content (AvgIpc) is 2.23. The molecule has 0 aliphatic heterocycles. The Morgan fingerprint density at radius 2 is 2.20 bits per heavy atom. The molecule has 0 spiro atoms. The molecule has 4 heteroatoms. The van der Waals surface area contributed by atoms with Crippen LogP contribution >= 0.6 is 12.2 Å². The predicted octanol–water partition coefficient (Wildman–Crippen LogP) is 3.30. The smallest absolute Gasteiger partial charge is 0.131 e. The molecule has 1 aromatic rings. The van der Waals surface area contributed by atoms with Gasteiger partial charge in [-0.3, -0.25) is 0 Å². The minimum atomic E-state index is 0.656. The Labute approximate surface area is 96.3 Å². The van der Waals surface area contributed by atoms with E-state index in [9.17, 15) is 0 Å². The number of hydrogen-bond donors (Lipinski definition) is 2. The number of aromatic amines is 1. The van der Waals surface area contributed by atoms with Crippen molar-refractivity contribution in [3.8, 4) is 0 Å². The summed E-state index contributed by atoms with van der Waals surface area (Å²) in [4.78, 5) is 7.44. The van der Waals surface area contributed by atoms with Crippen LogP contribution in [0.3, 0.4) is 0 Å². The third-order valence-electron chi connectivity index (χ3n) is 2.22. The van der Waals surface area contributed by atoms with Crippen molar-refractivity contribution < 1.29 is 0 Å². The van der Waals surface area contributed by atoms with Crippen LogP contribution in [0.25, 0.3) is 0 Å². The topological polar surface area (TPSA) is 40.7 Å². The average molecular weight is 225 g/mol. The highest BCUT2D eigenvalue weighted by Crippen LogP contribution is 2.05. The number of rotatable bonds is 6. The Morgan fingerprint density at radius 1 is 1.40 bits per heavy atom. The third-order valence-corrected chi connectivity index (χ3v) is 2.43. The lowest BCUT2D eigenvalue weighted by Gasteiger charge is -2.07. The van der Waals surface area contributed by atoms with E-state index in [0.717, 1.165) is 24.6 Å². The van der Waals surface area contributed by atoms with Gasteiger partial charge in [-0.15, -0.1) is 0 Å². The first-order valence-corrected chi connectivity index (χ1v) is 6.01. The second kappa shape index (κ2) is 6.56. The van der Waals surface area contributed by atoms with Crippen molar-refractivity contribution in [2.24, 2.45) is 0 Å². The van der Waals surface area contributed by atoms with E-state index in [-0.39, 0.29) is 0 Å². The first kappa shape index (κ1) is 12.2. The van der Waals surface area contributed by atoms with Gasteiger partial charge in [0.2, 0.25) is 0 Å². The highest BCUT2D eigenvalue weighted by atomic mass is 32.1. The van der Waals surface area contributed by atoms with E-state index in [1.54, 1.807) is 0 Å². The van der Waals surface area contributed by atoms with Crippen molar-refractivity contribution in [2.75, 3.05) is 11.9 Å². The maximum absolute atomic E-state index is 5.08. The van der Waals surface area contributed by atoms with E-state index < -0.39 is 0 Å². The molecule has 0 saturated heterocycles. The van der Waals surface area contributed by atoms with Gasteiger partial charge >= 0.3 is 0 Å². The van der Waals surface area contributed by atoms with Gasteiger partial charge in [-0.05, 0) is 6.42 Å². The minimum absolute atomic E-state index is 0.656. The zero-order valence-corrected chi connectivity index (χ0v) is 10.3. The summed E-state index contributed by atoms with van der Waals surface area (Å²) in [5.41, 5.74) is 0. The lowest BCUT2D eigenvalue weighted by molar-refractivity contribution is 0.741. The molecule has 0 radical (unpaired) electrons. The lowest BCUT2D eigenvalue weighted by atomic mass is 10.2. The summed E-state index contributed by atoms with van der Waals surface area (Å²) in [6.45, 7) is 5.26. The van der Waals surface area contributed by atoms with Gasteiger partial charge in [0.05, 0.1) is 0 Å². The summed E-state index contributed by atoms with van der Waals surface area (Å²) in [7, 11) is 0. The van der Waals surface area contributed by atoms with E-state index in [0.29, 0.717) is 4.64 Å². The van der Waals surface area contributed by atoms with E-state index in [1.165, 1.54) is 19.3 Å². The van der Waals surface area contributed by atoms with Crippen molar-refractivity contribution >= 4 is 18.0 Å². The van der Waals surface area contributed by atoms with Gasteiger partial charge in [-0.25, -0.2) is 4.98 Å². The van der Waals surface area contributed by atoms with Crippen molar-refractivity contribution in [1.29, 1.82) is 0 Å². The molecule has 2 N–H and O–H groups in total. The van der Waals surface area contributed by atoms with Crippen LogP contribution in [0.1, 0.15) is 38.9 Å². The third kappa shape index (κ3) is 4.42. The zero-order valence-electron chi connectivity index (χ0n) is 9.47. The molecule has 0 aromatic carbocycles. The Bertz CT molecular complexity index is 346. The molecular formula is C11H19N3S. The largest absolute Gasteiger partial charge is 0.372 e. The number of unbranched alkanes of at least 4 members (excludes halogenated alkanes) is 2. The SMILES string of the molecule is CCCCCNc1cc(=S)nc(CC)[nH]1. The predicted molar refractivity (Wildman–Crippen MR) is 66.8 cm³/mol. The maximum atomic E-state index is 5.08. The van der Waals surface area contributed by atoms with Crippen LogP contribution in [0.5, 0.6) is 0 Å². The molecule has 3 nitrogen and oxygen atoms in total. The Morgan fingerprint density at radius 3 is 2.87 bits per heavy atom. The second-order valence-electron chi connectivity index (χ2n) is 3.57. The van der Waals surface area contributed by atoms with Crippen molar-refractivity contribution in [2.45, 2.75) is 39.5 Å². The van der Waals surface area contributed by atoms with E-state index in [4.69, 9.17) is 12.2 Å². The first-order valence-electron chi connectivity index (χ1n) is 5.60. The van der Waals surface area contributed by atoms with Crippen LogP contribution < -0.4 is 5.32 Å². The number of anilines is 1. The standard InChI is InChI=1S/C11H19N3S/c1-3-5-6-7-12-10-8-11(15)14-9(4-2)13-10/h8H,3-7H2,1-2H3,(H2,12,13,14,15). The quantitative estimate of drug-likeness (QED) is 0.576. The summed E-state index contributed by atoms with van der Waals surface area (Å²) in [5.74, 6) is 1.93. The molecular weight excluding hydrogens is 206 g/mol. The maximum Gasteiger partial charge on any atom is 0.131 e. The van der Waals surface area contributed by atoms with Crippen LogP contribution in [0.2, 0.25) is 0 Å². The van der Waals surface area contributed by atoms with E-state index >= 15 is 0 Å². The molecule has 0 aliphatic carbocycles. The molecule has 15 heavy (non-hydrogen) atoms. The van der Waals surface area contributed by atoms with Crippen LogP contribution in [-0.2, 0) is 6.42 Å². The molecule has 0 unspecified atom stereocenters. The number of H-pyrrole nitrogens is 1. The number of nitrogens with one attached hydrogen (secondary N) is 2. The van der Waals surface area contributed by atoms with Gasteiger partial charge in [0.25, 0.3) is 0 Å². The number of hydrogen-bond acceptors (Lipinski definition) is 3. The van der Waals surface area contributed by atoms with Crippen LogP contribution in [0.4, 0.5) is 5.82 Å². The highest BCUT2D eigenvalue weighted by Gasteiger charge is 1.96. The molecule has 0 atom stereocenters. The lowest BCUT2D eigenvalue weighted by Crippen LogP contribution is -2.05. The molecule has 84 valence electrons. The van der Waals surface area contributed by atoms with Gasteiger partial charge in [0.15, 0.2) is 0 Å². The molecule has 0 amide bonds. The molecule has 0 aliphatic rings. The van der Waals surface area contributed by atoms with E-state index in [1.807, 2.05) is 6.07 Å². The summed E-state index contributed by atoms with van der Waals surface area (Å²) in [5, 5.41) is 3.33. The van der Waals surface area contributed by atoms with Crippen LogP contribution in [0, 0.1) is 4.64 Å². The summed E-state index contributed by atoms with van der Waals surface area (Å²) in [6, 6.07) is 1.88. The molecule has 0 bridgehead atoms. The van der Waals surface area contributed by atoms with Gasteiger partial charge in [-0.2, -0.15) is 0 Å². The number of aromatic nitrogens is 2.